The predicted molar refractivity (Wildman–Crippen MR) is 84.8 cm³/mol. The van der Waals surface area contributed by atoms with Gasteiger partial charge in [0.1, 0.15) is 0 Å². The molecule has 0 unspecified atom stereocenters. The van der Waals surface area contributed by atoms with Crippen LogP contribution in [0.3, 0.4) is 0 Å². The number of hydrogen-bond donors (Lipinski definition) is 3. The zero-order chi connectivity index (χ0) is 16.9. The van der Waals surface area contributed by atoms with Gasteiger partial charge in [-0.3, -0.25) is 0 Å². The lowest BCUT2D eigenvalue weighted by atomic mass is 10.2. The SMILES string of the molecule is N#Cc1ccc(NC(=O)NCc2ccc(S(N)(=O)=O)cc2)cc1. The van der Waals surface area contributed by atoms with Gasteiger partial charge in [-0.25, -0.2) is 18.4 Å². The minimum atomic E-state index is -3.72. The van der Waals surface area contributed by atoms with Gasteiger partial charge in [0.25, 0.3) is 0 Å². The van der Waals surface area contributed by atoms with E-state index in [1.807, 2.05) is 6.07 Å². The Hall–Kier alpha value is -2.89. The van der Waals surface area contributed by atoms with Gasteiger partial charge in [-0.2, -0.15) is 5.26 Å². The summed E-state index contributed by atoms with van der Waals surface area (Å²) in [6.07, 6.45) is 0. The van der Waals surface area contributed by atoms with E-state index in [4.69, 9.17) is 10.4 Å². The van der Waals surface area contributed by atoms with Gasteiger partial charge in [0.05, 0.1) is 16.5 Å². The fourth-order valence-electron chi connectivity index (χ4n) is 1.78. The van der Waals surface area contributed by atoms with Crippen molar-refractivity contribution in [2.75, 3.05) is 5.32 Å². The van der Waals surface area contributed by atoms with Crippen molar-refractivity contribution in [3.63, 3.8) is 0 Å². The monoisotopic (exact) mass is 330 g/mol. The molecule has 0 atom stereocenters. The second-order valence-electron chi connectivity index (χ2n) is 4.69. The molecule has 0 aliphatic rings. The van der Waals surface area contributed by atoms with Gasteiger partial charge < -0.3 is 10.6 Å². The number of carbonyl (C=O) groups excluding carboxylic acids is 1. The number of benzene rings is 2. The predicted octanol–water partition coefficient (Wildman–Crippen LogP) is 1.53. The van der Waals surface area contributed by atoms with E-state index in [-0.39, 0.29) is 11.4 Å². The molecule has 2 aromatic rings. The molecular weight excluding hydrogens is 316 g/mol. The molecule has 0 saturated carbocycles. The average Bonchev–Trinajstić information content (AvgIpc) is 2.53. The van der Waals surface area contributed by atoms with Gasteiger partial charge in [-0.05, 0) is 42.0 Å². The molecule has 2 amide bonds. The molecule has 0 spiro atoms. The van der Waals surface area contributed by atoms with Crippen molar-refractivity contribution >= 4 is 21.7 Å². The van der Waals surface area contributed by atoms with Crippen LogP contribution in [0, 0.1) is 11.3 Å². The number of anilines is 1. The van der Waals surface area contributed by atoms with Crippen LogP contribution in [-0.2, 0) is 16.6 Å². The lowest BCUT2D eigenvalue weighted by Gasteiger charge is -2.08. The second kappa shape index (κ2) is 6.91. The van der Waals surface area contributed by atoms with Gasteiger partial charge in [0, 0.05) is 12.2 Å². The van der Waals surface area contributed by atoms with E-state index in [0.717, 1.165) is 5.56 Å². The van der Waals surface area contributed by atoms with E-state index in [1.54, 1.807) is 36.4 Å². The molecule has 23 heavy (non-hydrogen) atoms. The quantitative estimate of drug-likeness (QED) is 0.786. The number of nitriles is 1. The Kier molecular flexibility index (Phi) is 4.95. The highest BCUT2D eigenvalue weighted by Crippen LogP contribution is 2.10. The molecule has 0 saturated heterocycles. The minimum absolute atomic E-state index is 0.0169. The molecule has 0 radical (unpaired) electrons. The average molecular weight is 330 g/mol. The van der Waals surface area contributed by atoms with E-state index >= 15 is 0 Å². The molecule has 0 aliphatic carbocycles. The van der Waals surface area contributed by atoms with Crippen LogP contribution >= 0.6 is 0 Å². The van der Waals surface area contributed by atoms with E-state index in [0.29, 0.717) is 11.3 Å². The third kappa shape index (κ3) is 4.81. The summed E-state index contributed by atoms with van der Waals surface area (Å²) in [5, 5.41) is 19.0. The normalized spacial score (nSPS) is 10.6. The van der Waals surface area contributed by atoms with Crippen molar-refractivity contribution in [3.8, 4) is 6.07 Å². The van der Waals surface area contributed by atoms with Crippen molar-refractivity contribution in [2.45, 2.75) is 11.4 Å². The third-order valence-corrected chi connectivity index (χ3v) is 3.91. The largest absolute Gasteiger partial charge is 0.334 e. The Morgan fingerprint density at radius 1 is 1.09 bits per heavy atom. The first-order valence-corrected chi connectivity index (χ1v) is 8.10. The molecule has 0 aromatic heterocycles. The van der Waals surface area contributed by atoms with Crippen LogP contribution < -0.4 is 15.8 Å². The van der Waals surface area contributed by atoms with Gasteiger partial charge in [-0.15, -0.1) is 0 Å². The Balaban J connectivity index is 1.90. The molecular formula is C15H14N4O3S. The number of hydrogen-bond acceptors (Lipinski definition) is 4. The van der Waals surface area contributed by atoms with Crippen LogP contribution in [0.5, 0.6) is 0 Å². The summed E-state index contributed by atoms with van der Waals surface area (Å²) in [4.78, 5) is 11.8. The van der Waals surface area contributed by atoms with Crippen LogP contribution in [-0.4, -0.2) is 14.4 Å². The third-order valence-electron chi connectivity index (χ3n) is 2.98. The molecule has 0 heterocycles. The van der Waals surface area contributed by atoms with Gasteiger partial charge >= 0.3 is 6.03 Å². The summed E-state index contributed by atoms with van der Waals surface area (Å²) < 4.78 is 22.3. The lowest BCUT2D eigenvalue weighted by Crippen LogP contribution is -2.28. The maximum absolute atomic E-state index is 11.8. The molecule has 0 bridgehead atoms. The summed E-state index contributed by atoms with van der Waals surface area (Å²) in [6, 6.07) is 13.9. The number of carbonyl (C=O) groups is 1. The van der Waals surface area contributed by atoms with Crippen molar-refractivity contribution in [3.05, 3.63) is 59.7 Å². The number of amides is 2. The van der Waals surface area contributed by atoms with Gasteiger partial charge in [0.15, 0.2) is 0 Å². The molecule has 0 fully saturated rings. The molecule has 7 nitrogen and oxygen atoms in total. The molecule has 8 heteroatoms. The minimum Gasteiger partial charge on any atom is -0.334 e. The highest BCUT2D eigenvalue weighted by Gasteiger charge is 2.07. The Morgan fingerprint density at radius 3 is 2.22 bits per heavy atom. The molecule has 4 N–H and O–H groups in total. The van der Waals surface area contributed by atoms with Crippen molar-refractivity contribution in [2.24, 2.45) is 5.14 Å². The fourth-order valence-corrected chi connectivity index (χ4v) is 2.30. The number of rotatable bonds is 4. The van der Waals surface area contributed by atoms with Crippen molar-refractivity contribution in [1.82, 2.24) is 5.32 Å². The summed E-state index contributed by atoms with van der Waals surface area (Å²) in [6.45, 7) is 0.229. The first-order valence-electron chi connectivity index (χ1n) is 6.55. The standard InChI is InChI=1S/C15H14N4O3S/c16-9-11-1-5-13(6-2-11)19-15(20)18-10-12-3-7-14(8-4-12)23(17,21)22/h1-8H,10H2,(H2,17,21,22)(H2,18,19,20). The number of urea groups is 1. The van der Waals surface area contributed by atoms with Crippen LogP contribution in [0.15, 0.2) is 53.4 Å². The molecule has 118 valence electrons. The molecule has 2 rings (SSSR count). The topological polar surface area (TPSA) is 125 Å². The van der Waals surface area contributed by atoms with Crippen LogP contribution in [0.1, 0.15) is 11.1 Å². The highest BCUT2D eigenvalue weighted by atomic mass is 32.2. The van der Waals surface area contributed by atoms with Gasteiger partial charge in [-0.1, -0.05) is 12.1 Å². The highest BCUT2D eigenvalue weighted by molar-refractivity contribution is 7.89. The van der Waals surface area contributed by atoms with Crippen LogP contribution in [0.25, 0.3) is 0 Å². The maximum atomic E-state index is 11.8. The lowest BCUT2D eigenvalue weighted by molar-refractivity contribution is 0.251. The van der Waals surface area contributed by atoms with E-state index in [9.17, 15) is 13.2 Å². The number of nitrogens with zero attached hydrogens (tertiary/aromatic N) is 1. The van der Waals surface area contributed by atoms with E-state index in [2.05, 4.69) is 10.6 Å². The number of primary sulfonamides is 1. The first-order chi connectivity index (χ1) is 10.9. The van der Waals surface area contributed by atoms with E-state index < -0.39 is 16.1 Å². The zero-order valence-electron chi connectivity index (χ0n) is 12.0. The van der Waals surface area contributed by atoms with Gasteiger partial charge in [0.2, 0.25) is 10.0 Å². The summed E-state index contributed by atoms with van der Waals surface area (Å²) in [5.74, 6) is 0. The number of nitrogens with one attached hydrogen (secondary N) is 2. The molecule has 0 aliphatic heterocycles. The van der Waals surface area contributed by atoms with Crippen LogP contribution in [0.2, 0.25) is 0 Å². The summed E-state index contributed by atoms with van der Waals surface area (Å²) in [7, 11) is -3.72. The Bertz CT molecular complexity index is 838. The number of sulfonamides is 1. The second-order valence-corrected chi connectivity index (χ2v) is 6.25. The summed E-state index contributed by atoms with van der Waals surface area (Å²) >= 11 is 0. The smallest absolute Gasteiger partial charge is 0.319 e. The van der Waals surface area contributed by atoms with Crippen LogP contribution in [0.4, 0.5) is 10.5 Å². The summed E-state index contributed by atoms with van der Waals surface area (Å²) in [5.41, 5.74) is 1.80. The van der Waals surface area contributed by atoms with Crippen molar-refractivity contribution in [1.29, 1.82) is 5.26 Å². The van der Waals surface area contributed by atoms with E-state index in [1.165, 1.54) is 12.1 Å². The Morgan fingerprint density at radius 2 is 1.70 bits per heavy atom. The first kappa shape index (κ1) is 16.5. The zero-order valence-corrected chi connectivity index (χ0v) is 12.8. The molecule has 2 aromatic carbocycles. The fraction of sp³-hybridized carbons (Fsp3) is 0.0667. The Labute approximate surface area is 133 Å². The maximum Gasteiger partial charge on any atom is 0.319 e. The van der Waals surface area contributed by atoms with Crippen molar-refractivity contribution < 1.29 is 13.2 Å². The number of nitrogens with two attached hydrogens (primary N) is 1.